The Morgan fingerprint density at radius 2 is 2.05 bits per heavy atom. The highest BCUT2D eigenvalue weighted by atomic mass is 32.1. The average molecular weight is 271 g/mol. The van der Waals surface area contributed by atoms with Crippen LogP contribution in [-0.2, 0) is 6.54 Å². The fourth-order valence-corrected chi connectivity index (χ4v) is 2.89. The van der Waals surface area contributed by atoms with Gasteiger partial charge in [-0.1, -0.05) is 42.5 Å². The van der Waals surface area contributed by atoms with E-state index < -0.39 is 0 Å². The van der Waals surface area contributed by atoms with Crippen molar-refractivity contribution in [2.45, 2.75) is 25.8 Å². The van der Waals surface area contributed by atoms with Gasteiger partial charge in [0.2, 0.25) is 0 Å². The van der Waals surface area contributed by atoms with Crippen LogP contribution in [0.15, 0.2) is 42.7 Å². The van der Waals surface area contributed by atoms with E-state index in [2.05, 4.69) is 21.7 Å². The molecule has 1 fully saturated rings. The highest BCUT2D eigenvalue weighted by Gasteiger charge is 2.43. The van der Waals surface area contributed by atoms with Crippen LogP contribution in [-0.4, -0.2) is 14.5 Å². The summed E-state index contributed by atoms with van der Waals surface area (Å²) >= 11 is 5.06. The first-order valence-electron chi connectivity index (χ1n) is 6.53. The molecule has 2 N–H and O–H groups in total. The quantitative estimate of drug-likeness (QED) is 0.850. The average Bonchev–Trinajstić information content (AvgIpc) is 2.98. The summed E-state index contributed by atoms with van der Waals surface area (Å²) in [5.41, 5.74) is 7.13. The molecule has 0 unspecified atom stereocenters. The first-order chi connectivity index (χ1) is 9.19. The molecule has 1 saturated carbocycles. The van der Waals surface area contributed by atoms with Gasteiger partial charge in [0.25, 0.3) is 0 Å². The third kappa shape index (κ3) is 2.68. The van der Waals surface area contributed by atoms with Gasteiger partial charge < -0.3 is 10.3 Å². The van der Waals surface area contributed by atoms with Gasteiger partial charge in [-0.2, -0.15) is 0 Å². The third-order valence-corrected chi connectivity index (χ3v) is 3.90. The molecule has 1 aromatic heterocycles. The molecule has 4 heteroatoms. The van der Waals surface area contributed by atoms with Gasteiger partial charge in [-0.25, -0.2) is 4.98 Å². The van der Waals surface area contributed by atoms with Crippen molar-refractivity contribution in [1.29, 1.82) is 0 Å². The third-order valence-electron chi connectivity index (χ3n) is 3.76. The summed E-state index contributed by atoms with van der Waals surface area (Å²) in [6.45, 7) is 0.953. The van der Waals surface area contributed by atoms with E-state index in [0.29, 0.717) is 4.99 Å². The van der Waals surface area contributed by atoms with E-state index in [4.69, 9.17) is 18.0 Å². The Labute approximate surface area is 118 Å². The monoisotopic (exact) mass is 271 g/mol. The summed E-state index contributed by atoms with van der Waals surface area (Å²) in [4.78, 5) is 5.10. The summed E-state index contributed by atoms with van der Waals surface area (Å²) < 4.78 is 2.22. The molecule has 0 radical (unpaired) electrons. The SMILES string of the molecule is NC(=S)CC1(Cn2ccnc2-c2ccccc2)CC1. The smallest absolute Gasteiger partial charge is 0.139 e. The molecule has 3 rings (SSSR count). The van der Waals surface area contributed by atoms with Crippen molar-refractivity contribution in [2.24, 2.45) is 11.1 Å². The van der Waals surface area contributed by atoms with E-state index in [1.807, 2.05) is 30.6 Å². The summed E-state index contributed by atoms with van der Waals surface area (Å²) in [6, 6.07) is 10.3. The molecule has 1 aliphatic rings. The van der Waals surface area contributed by atoms with Crippen LogP contribution >= 0.6 is 12.2 Å². The van der Waals surface area contributed by atoms with Crippen LogP contribution < -0.4 is 5.73 Å². The van der Waals surface area contributed by atoms with E-state index in [1.54, 1.807) is 0 Å². The minimum atomic E-state index is 0.274. The normalized spacial score (nSPS) is 16.2. The topological polar surface area (TPSA) is 43.8 Å². The van der Waals surface area contributed by atoms with E-state index >= 15 is 0 Å². The van der Waals surface area contributed by atoms with Gasteiger partial charge in [0.1, 0.15) is 5.82 Å². The summed E-state index contributed by atoms with van der Waals surface area (Å²) in [7, 11) is 0. The predicted molar refractivity (Wildman–Crippen MR) is 80.7 cm³/mol. The molecule has 0 bridgehead atoms. The molecule has 1 heterocycles. The van der Waals surface area contributed by atoms with Crippen molar-refractivity contribution in [2.75, 3.05) is 0 Å². The number of nitrogens with two attached hydrogens (primary N) is 1. The van der Waals surface area contributed by atoms with Gasteiger partial charge in [0.15, 0.2) is 0 Å². The molecule has 1 aromatic carbocycles. The fraction of sp³-hybridized carbons (Fsp3) is 0.333. The number of thiocarbonyl (C=S) groups is 1. The Bertz CT molecular complexity index is 584. The summed E-state index contributed by atoms with van der Waals surface area (Å²) in [5.74, 6) is 1.02. The number of imidazole rings is 1. The summed E-state index contributed by atoms with van der Waals surface area (Å²) in [5, 5.41) is 0. The molecule has 0 aliphatic heterocycles. The first kappa shape index (κ1) is 12.4. The van der Waals surface area contributed by atoms with E-state index in [-0.39, 0.29) is 5.41 Å². The Morgan fingerprint density at radius 3 is 2.68 bits per heavy atom. The minimum Gasteiger partial charge on any atom is -0.393 e. The maximum absolute atomic E-state index is 5.70. The number of rotatable bonds is 5. The minimum absolute atomic E-state index is 0.274. The largest absolute Gasteiger partial charge is 0.393 e. The van der Waals surface area contributed by atoms with Crippen molar-refractivity contribution < 1.29 is 0 Å². The second-order valence-electron chi connectivity index (χ2n) is 5.39. The highest BCUT2D eigenvalue weighted by molar-refractivity contribution is 7.80. The van der Waals surface area contributed by atoms with Crippen molar-refractivity contribution in [1.82, 2.24) is 9.55 Å². The van der Waals surface area contributed by atoms with Crippen LogP contribution in [0.4, 0.5) is 0 Å². The highest BCUT2D eigenvalue weighted by Crippen LogP contribution is 2.50. The first-order valence-corrected chi connectivity index (χ1v) is 6.94. The zero-order chi connectivity index (χ0) is 13.3. The van der Waals surface area contributed by atoms with Crippen molar-refractivity contribution >= 4 is 17.2 Å². The Morgan fingerprint density at radius 1 is 1.32 bits per heavy atom. The molecule has 1 aliphatic carbocycles. The van der Waals surface area contributed by atoms with E-state index in [1.165, 1.54) is 12.8 Å². The Balaban J connectivity index is 1.84. The number of nitrogens with zero attached hydrogens (tertiary/aromatic N) is 2. The van der Waals surface area contributed by atoms with Crippen LogP contribution in [0.2, 0.25) is 0 Å². The van der Waals surface area contributed by atoms with Gasteiger partial charge in [0.05, 0.1) is 4.99 Å². The molecule has 19 heavy (non-hydrogen) atoms. The molecule has 2 aromatic rings. The Hall–Kier alpha value is -1.68. The Kier molecular flexibility index (Phi) is 3.11. The standard InChI is InChI=1S/C15H17N3S/c16-13(19)10-15(6-7-15)11-18-9-8-17-14(18)12-4-2-1-3-5-12/h1-5,8-9H,6-7,10-11H2,(H2,16,19). The lowest BCUT2D eigenvalue weighted by atomic mass is 10.0. The second-order valence-corrected chi connectivity index (χ2v) is 5.91. The lowest BCUT2D eigenvalue weighted by Crippen LogP contribution is -2.20. The number of hydrogen-bond donors (Lipinski definition) is 1. The van der Waals surface area contributed by atoms with Crippen LogP contribution in [0.3, 0.4) is 0 Å². The maximum Gasteiger partial charge on any atom is 0.139 e. The molecular weight excluding hydrogens is 254 g/mol. The van der Waals surface area contributed by atoms with Crippen LogP contribution in [0.25, 0.3) is 11.4 Å². The van der Waals surface area contributed by atoms with Crippen LogP contribution in [0.1, 0.15) is 19.3 Å². The van der Waals surface area contributed by atoms with E-state index in [9.17, 15) is 0 Å². The molecule has 0 spiro atoms. The lowest BCUT2D eigenvalue weighted by molar-refractivity contribution is 0.441. The van der Waals surface area contributed by atoms with Gasteiger partial charge in [-0.05, 0) is 18.3 Å². The second kappa shape index (κ2) is 4.78. The maximum atomic E-state index is 5.70. The van der Waals surface area contributed by atoms with Gasteiger partial charge in [0, 0.05) is 30.9 Å². The number of benzene rings is 1. The van der Waals surface area contributed by atoms with Crippen LogP contribution in [0, 0.1) is 5.41 Å². The molecule has 0 saturated heterocycles. The number of aromatic nitrogens is 2. The zero-order valence-electron chi connectivity index (χ0n) is 10.7. The number of hydrogen-bond acceptors (Lipinski definition) is 2. The van der Waals surface area contributed by atoms with Gasteiger partial charge in [-0.3, -0.25) is 0 Å². The van der Waals surface area contributed by atoms with Crippen LogP contribution in [0.5, 0.6) is 0 Å². The molecular formula is C15H17N3S. The van der Waals surface area contributed by atoms with E-state index in [0.717, 1.165) is 24.4 Å². The van der Waals surface area contributed by atoms with Gasteiger partial charge in [-0.15, -0.1) is 0 Å². The van der Waals surface area contributed by atoms with Crippen molar-refractivity contribution in [3.05, 3.63) is 42.7 Å². The molecule has 0 atom stereocenters. The molecule has 0 amide bonds. The molecule has 98 valence electrons. The zero-order valence-corrected chi connectivity index (χ0v) is 11.6. The van der Waals surface area contributed by atoms with Crippen molar-refractivity contribution in [3.63, 3.8) is 0 Å². The fourth-order valence-electron chi connectivity index (χ4n) is 2.58. The molecule has 3 nitrogen and oxygen atoms in total. The predicted octanol–water partition coefficient (Wildman–Crippen LogP) is 3.01. The lowest BCUT2D eigenvalue weighted by Gasteiger charge is -2.17. The van der Waals surface area contributed by atoms with Crippen molar-refractivity contribution in [3.8, 4) is 11.4 Å². The van der Waals surface area contributed by atoms with Gasteiger partial charge >= 0.3 is 0 Å². The summed E-state index contributed by atoms with van der Waals surface area (Å²) in [6.07, 6.45) is 7.16.